The van der Waals surface area contributed by atoms with Crippen LogP contribution < -0.4 is 4.72 Å². The molecule has 0 aromatic heterocycles. The van der Waals surface area contributed by atoms with Crippen molar-refractivity contribution in [1.29, 1.82) is 0 Å². The van der Waals surface area contributed by atoms with E-state index in [1.807, 2.05) is 6.92 Å². The van der Waals surface area contributed by atoms with Crippen LogP contribution in [0.2, 0.25) is 0 Å². The molecule has 2 rings (SSSR count). The molecule has 21 heavy (non-hydrogen) atoms. The first-order chi connectivity index (χ1) is 10.0. The molecule has 1 fully saturated rings. The molecule has 0 bridgehead atoms. The summed E-state index contributed by atoms with van der Waals surface area (Å²) in [6, 6.07) is 6.59. The van der Waals surface area contributed by atoms with Crippen molar-refractivity contribution in [3.05, 3.63) is 29.8 Å². The predicted octanol–water partition coefficient (Wildman–Crippen LogP) is 1.87. The molecule has 1 N–H and O–H groups in total. The number of hydrogen-bond acceptors (Lipinski definition) is 4. The zero-order valence-corrected chi connectivity index (χ0v) is 13.0. The summed E-state index contributed by atoms with van der Waals surface area (Å²) in [5.41, 5.74) is 1.06. The molecule has 1 aliphatic rings. The molecule has 0 saturated carbocycles. The molecule has 0 aliphatic carbocycles. The lowest BCUT2D eigenvalue weighted by Crippen LogP contribution is -2.35. The highest BCUT2D eigenvalue weighted by molar-refractivity contribution is 7.90. The van der Waals surface area contributed by atoms with Gasteiger partial charge < -0.3 is 4.74 Å². The Morgan fingerprint density at radius 2 is 1.95 bits per heavy atom. The van der Waals surface area contributed by atoms with Crippen molar-refractivity contribution >= 4 is 15.9 Å². The van der Waals surface area contributed by atoms with Gasteiger partial charge in [-0.2, -0.15) is 0 Å². The molecule has 1 aromatic carbocycles. The second-order valence-corrected chi connectivity index (χ2v) is 6.89. The van der Waals surface area contributed by atoms with E-state index in [0.29, 0.717) is 26.1 Å². The number of hydrogen-bond donors (Lipinski definition) is 1. The molecule has 6 heteroatoms. The first kappa shape index (κ1) is 16.0. The third-order valence-corrected chi connectivity index (χ3v) is 5.06. The number of ether oxygens (including phenoxy) is 1. The Labute approximate surface area is 125 Å². The van der Waals surface area contributed by atoms with E-state index in [0.717, 1.165) is 18.4 Å². The van der Waals surface area contributed by atoms with Gasteiger partial charge in [0.15, 0.2) is 0 Å². The summed E-state index contributed by atoms with van der Waals surface area (Å²) in [4.78, 5) is 12.2. The second kappa shape index (κ2) is 7.04. The van der Waals surface area contributed by atoms with Gasteiger partial charge in [0, 0.05) is 19.1 Å². The van der Waals surface area contributed by atoms with Crippen molar-refractivity contribution in [3.8, 4) is 0 Å². The maximum Gasteiger partial charge on any atom is 0.264 e. The molecule has 0 radical (unpaired) electrons. The first-order valence-electron chi connectivity index (χ1n) is 7.26. The Morgan fingerprint density at radius 1 is 1.24 bits per heavy atom. The Hall–Kier alpha value is -1.40. The van der Waals surface area contributed by atoms with E-state index in [1.54, 1.807) is 12.1 Å². The van der Waals surface area contributed by atoms with Gasteiger partial charge in [-0.25, -0.2) is 13.1 Å². The van der Waals surface area contributed by atoms with Crippen molar-refractivity contribution in [1.82, 2.24) is 4.72 Å². The van der Waals surface area contributed by atoms with Gasteiger partial charge in [-0.15, -0.1) is 0 Å². The van der Waals surface area contributed by atoms with E-state index in [1.165, 1.54) is 12.1 Å². The van der Waals surface area contributed by atoms with Crippen molar-refractivity contribution < 1.29 is 17.9 Å². The van der Waals surface area contributed by atoms with Crippen LogP contribution in [-0.4, -0.2) is 27.5 Å². The lowest BCUT2D eigenvalue weighted by molar-refractivity contribution is -0.123. The zero-order valence-electron chi connectivity index (χ0n) is 12.2. The van der Waals surface area contributed by atoms with E-state index in [-0.39, 0.29) is 10.8 Å². The number of sulfonamides is 1. The molecule has 1 saturated heterocycles. The Bertz CT molecular complexity index is 572. The fraction of sp³-hybridized carbons (Fsp3) is 0.533. The molecule has 1 amide bonds. The zero-order chi connectivity index (χ0) is 15.3. The lowest BCUT2D eigenvalue weighted by Gasteiger charge is -2.14. The minimum atomic E-state index is -3.79. The maximum absolute atomic E-state index is 12.2. The summed E-state index contributed by atoms with van der Waals surface area (Å²) in [5.74, 6) is -0.725. The molecule has 1 aliphatic heterocycles. The first-order valence-corrected chi connectivity index (χ1v) is 8.74. The third kappa shape index (κ3) is 4.28. The van der Waals surface area contributed by atoms with Gasteiger partial charge in [-0.1, -0.05) is 19.1 Å². The van der Waals surface area contributed by atoms with Crippen LogP contribution in [0.25, 0.3) is 0 Å². The number of benzene rings is 1. The van der Waals surface area contributed by atoms with Crippen molar-refractivity contribution in [2.24, 2.45) is 5.92 Å². The van der Waals surface area contributed by atoms with Gasteiger partial charge in [-0.3, -0.25) is 4.79 Å². The molecule has 1 unspecified atom stereocenters. The van der Waals surface area contributed by atoms with Crippen molar-refractivity contribution in [3.63, 3.8) is 0 Å². The number of amides is 1. The van der Waals surface area contributed by atoms with Crippen molar-refractivity contribution in [2.75, 3.05) is 13.2 Å². The minimum Gasteiger partial charge on any atom is -0.381 e. The topological polar surface area (TPSA) is 72.5 Å². The molecular formula is C15H21NO4S. The molecule has 1 atom stereocenters. The van der Waals surface area contributed by atoms with Gasteiger partial charge in [0.05, 0.1) is 4.90 Å². The van der Waals surface area contributed by atoms with Gasteiger partial charge in [0.2, 0.25) is 5.91 Å². The summed E-state index contributed by atoms with van der Waals surface area (Å²) in [7, 11) is -3.79. The normalized spacial score (nSPS) is 19.8. The van der Waals surface area contributed by atoms with Crippen molar-refractivity contribution in [2.45, 2.75) is 37.5 Å². The number of nitrogens with one attached hydrogen (secondary N) is 1. The smallest absolute Gasteiger partial charge is 0.264 e. The molecule has 0 spiro atoms. The van der Waals surface area contributed by atoms with Gasteiger partial charge >= 0.3 is 0 Å². The fourth-order valence-electron chi connectivity index (χ4n) is 2.34. The van der Waals surface area contributed by atoms with Crippen LogP contribution in [0.3, 0.4) is 0 Å². The number of carbonyl (C=O) groups excluding carboxylic acids is 1. The van der Waals surface area contributed by atoms with E-state index in [2.05, 4.69) is 4.72 Å². The van der Waals surface area contributed by atoms with Crippen LogP contribution in [0.15, 0.2) is 29.2 Å². The Morgan fingerprint density at radius 3 is 2.62 bits per heavy atom. The van der Waals surface area contributed by atoms with Gasteiger partial charge in [0.25, 0.3) is 10.0 Å². The van der Waals surface area contributed by atoms with Gasteiger partial charge in [0.1, 0.15) is 0 Å². The van der Waals surface area contributed by atoms with Crippen LogP contribution in [-0.2, 0) is 26.0 Å². The average molecular weight is 311 g/mol. The maximum atomic E-state index is 12.2. The second-order valence-electron chi connectivity index (χ2n) is 5.21. The minimum absolute atomic E-state index is 0.123. The molecule has 1 aromatic rings. The molecule has 5 nitrogen and oxygen atoms in total. The third-order valence-electron chi connectivity index (χ3n) is 3.70. The summed E-state index contributed by atoms with van der Waals surface area (Å²) >= 11 is 0. The van der Waals surface area contributed by atoms with E-state index >= 15 is 0 Å². The Kier molecular flexibility index (Phi) is 5.36. The highest BCUT2D eigenvalue weighted by Gasteiger charge is 2.25. The number of rotatable bonds is 4. The highest BCUT2D eigenvalue weighted by Crippen LogP contribution is 2.17. The van der Waals surface area contributed by atoms with E-state index in [4.69, 9.17) is 4.74 Å². The Balaban J connectivity index is 2.06. The van der Waals surface area contributed by atoms with E-state index in [9.17, 15) is 13.2 Å². The number of carbonyl (C=O) groups is 1. The fourth-order valence-corrected chi connectivity index (χ4v) is 3.39. The van der Waals surface area contributed by atoms with Crippen LogP contribution in [0, 0.1) is 5.92 Å². The molecule has 116 valence electrons. The molecule has 1 heterocycles. The summed E-state index contributed by atoms with van der Waals surface area (Å²) in [5, 5.41) is 0. The lowest BCUT2D eigenvalue weighted by atomic mass is 10.0. The molecular weight excluding hydrogens is 290 g/mol. The number of aryl methyl sites for hydroxylation is 1. The van der Waals surface area contributed by atoms with Crippen LogP contribution in [0.4, 0.5) is 0 Å². The quantitative estimate of drug-likeness (QED) is 0.921. The van der Waals surface area contributed by atoms with Crippen LogP contribution in [0.1, 0.15) is 31.7 Å². The highest BCUT2D eigenvalue weighted by atomic mass is 32.2. The van der Waals surface area contributed by atoms with Crippen LogP contribution >= 0.6 is 0 Å². The van der Waals surface area contributed by atoms with E-state index < -0.39 is 15.9 Å². The summed E-state index contributed by atoms with van der Waals surface area (Å²) in [6.07, 6.45) is 2.85. The standard InChI is InChI=1S/C15H21NO4S/c1-2-12-5-7-14(8-6-12)21(18,19)16-15(17)13-4-3-10-20-11-9-13/h5-8,13H,2-4,9-11H2,1H3,(H,16,17). The predicted molar refractivity (Wildman–Crippen MR) is 79.3 cm³/mol. The van der Waals surface area contributed by atoms with Gasteiger partial charge in [-0.05, 0) is 43.4 Å². The SMILES string of the molecule is CCc1ccc(S(=O)(=O)NC(=O)C2CCCOCC2)cc1. The monoisotopic (exact) mass is 311 g/mol. The largest absolute Gasteiger partial charge is 0.381 e. The summed E-state index contributed by atoms with van der Waals surface area (Å²) < 4.78 is 31.9. The van der Waals surface area contributed by atoms with Crippen LogP contribution in [0.5, 0.6) is 0 Å². The summed E-state index contributed by atoms with van der Waals surface area (Å²) in [6.45, 7) is 3.14. The average Bonchev–Trinajstić information content (AvgIpc) is 2.76.